The summed E-state index contributed by atoms with van der Waals surface area (Å²) < 4.78 is 32.1. The maximum absolute atomic E-state index is 11.6. The van der Waals surface area contributed by atoms with Gasteiger partial charge in [-0.3, -0.25) is 4.55 Å². The first kappa shape index (κ1) is 29.6. The Hall–Kier alpha value is 0.850. The molecular formula is C14H24Na2O7S. The van der Waals surface area contributed by atoms with Crippen LogP contribution in [-0.2, 0) is 19.7 Å². The molecule has 0 aromatic rings. The van der Waals surface area contributed by atoms with E-state index in [0.717, 1.165) is 12.8 Å². The molecule has 0 heterocycles. The van der Waals surface area contributed by atoms with Gasteiger partial charge >= 0.3 is 59.1 Å². The van der Waals surface area contributed by atoms with Crippen LogP contribution >= 0.6 is 0 Å². The third-order valence-corrected chi connectivity index (χ3v) is 5.11. The zero-order chi connectivity index (χ0) is 17.4. The summed E-state index contributed by atoms with van der Waals surface area (Å²) in [5.74, 6) is -3.88. The number of hydrogen-bond donors (Lipinski definition) is 1. The Kier molecular flexibility index (Phi) is 17.2. The van der Waals surface area contributed by atoms with E-state index in [9.17, 15) is 32.8 Å². The molecule has 7 nitrogen and oxygen atoms in total. The molecule has 0 radical (unpaired) electrons. The fourth-order valence-electron chi connectivity index (χ4n) is 2.71. The molecule has 0 aliphatic carbocycles. The van der Waals surface area contributed by atoms with E-state index in [0.29, 0.717) is 25.7 Å². The average Bonchev–Trinajstić information content (AvgIpc) is 2.36. The smallest absolute Gasteiger partial charge is 0.549 e. The van der Waals surface area contributed by atoms with Gasteiger partial charge in [-0.05, 0) is 12.8 Å². The molecule has 0 aliphatic rings. The Labute approximate surface area is 188 Å². The molecule has 0 aliphatic heterocycles. The van der Waals surface area contributed by atoms with Crippen LogP contribution in [0.3, 0.4) is 0 Å². The van der Waals surface area contributed by atoms with E-state index in [4.69, 9.17) is 0 Å². The summed E-state index contributed by atoms with van der Waals surface area (Å²) in [5, 5.41) is 20.3. The second kappa shape index (κ2) is 14.0. The molecule has 130 valence electrons. The molecule has 1 N–H and O–H groups in total. The second-order valence-corrected chi connectivity index (χ2v) is 7.07. The average molecular weight is 382 g/mol. The van der Waals surface area contributed by atoms with Crippen molar-refractivity contribution in [3.05, 3.63) is 0 Å². The molecule has 1 atom stereocenters. The van der Waals surface area contributed by atoms with Crippen LogP contribution in [0.5, 0.6) is 0 Å². The molecule has 10 heteroatoms. The van der Waals surface area contributed by atoms with Gasteiger partial charge in [0, 0.05) is 11.4 Å². The third kappa shape index (κ3) is 8.98. The molecule has 0 saturated carbocycles. The Balaban J connectivity index is -0.00000220. The molecule has 0 amide bonds. The molecule has 0 saturated heterocycles. The van der Waals surface area contributed by atoms with Crippen LogP contribution in [0.15, 0.2) is 0 Å². The summed E-state index contributed by atoms with van der Waals surface area (Å²) in [5.41, 5.74) is -2.17. The molecule has 0 bridgehead atoms. The van der Waals surface area contributed by atoms with E-state index >= 15 is 0 Å². The van der Waals surface area contributed by atoms with Crippen molar-refractivity contribution >= 4 is 22.1 Å². The van der Waals surface area contributed by atoms with Crippen LogP contribution in [-0.4, -0.2) is 30.2 Å². The van der Waals surface area contributed by atoms with Gasteiger partial charge in [0.2, 0.25) is 0 Å². The fourth-order valence-corrected chi connectivity index (χ4v) is 3.86. The molecule has 0 aromatic carbocycles. The Morgan fingerprint density at radius 3 is 1.54 bits per heavy atom. The topological polar surface area (TPSA) is 135 Å². The maximum Gasteiger partial charge on any atom is 1.00 e. The molecule has 0 rings (SSSR count). The van der Waals surface area contributed by atoms with Gasteiger partial charge in [0.15, 0.2) is 0 Å². The quantitative estimate of drug-likeness (QED) is 0.202. The summed E-state index contributed by atoms with van der Waals surface area (Å²) in [6, 6.07) is 0. The number of carboxylic acids is 2. The van der Waals surface area contributed by atoms with Crippen molar-refractivity contribution in [2.24, 2.45) is 5.41 Å². The van der Waals surface area contributed by atoms with E-state index in [2.05, 4.69) is 0 Å². The minimum Gasteiger partial charge on any atom is -0.549 e. The molecule has 1 unspecified atom stereocenters. The van der Waals surface area contributed by atoms with Crippen molar-refractivity contribution in [2.45, 2.75) is 70.5 Å². The van der Waals surface area contributed by atoms with Gasteiger partial charge in [0.25, 0.3) is 10.1 Å². The van der Waals surface area contributed by atoms with E-state index < -0.39 is 32.7 Å². The number of aliphatic carboxylic acids is 2. The zero-order valence-electron chi connectivity index (χ0n) is 15.0. The number of hydrogen-bond acceptors (Lipinski definition) is 6. The normalized spacial score (nSPS) is 12.6. The first-order valence-corrected chi connectivity index (χ1v) is 9.02. The standard InChI is InChI=1S/C14H26O7S.2Na/c1-3-5-7-9-14(13(17)18,10-8-6-4-2)11(12(15)16)22(19,20)21;;/h11H,3-10H2,1-2H3,(H,15,16)(H,17,18)(H,19,20,21);;/q;2*+1/p-2. The molecule has 0 spiro atoms. The van der Waals surface area contributed by atoms with Crippen molar-refractivity contribution in [3.63, 3.8) is 0 Å². The monoisotopic (exact) mass is 382 g/mol. The molecular weight excluding hydrogens is 358 g/mol. The summed E-state index contributed by atoms with van der Waals surface area (Å²) in [7, 11) is -5.12. The SMILES string of the molecule is CCCCCC(CCCCC)(C(=O)[O-])C(C(=O)[O-])S(=O)(=O)O.[Na+].[Na+]. The van der Waals surface area contributed by atoms with Gasteiger partial charge in [0.05, 0.1) is 5.97 Å². The van der Waals surface area contributed by atoms with Gasteiger partial charge < -0.3 is 19.8 Å². The van der Waals surface area contributed by atoms with Gasteiger partial charge in [-0.15, -0.1) is 0 Å². The van der Waals surface area contributed by atoms with E-state index in [1.807, 2.05) is 13.8 Å². The summed E-state index contributed by atoms with van der Waals surface area (Å²) in [6.45, 7) is 3.74. The molecule has 0 aromatic heterocycles. The van der Waals surface area contributed by atoms with E-state index in [-0.39, 0.29) is 72.0 Å². The first-order valence-electron chi connectivity index (χ1n) is 7.52. The maximum atomic E-state index is 11.6. The van der Waals surface area contributed by atoms with Crippen LogP contribution in [0.4, 0.5) is 0 Å². The van der Waals surface area contributed by atoms with Gasteiger partial charge in [0.1, 0.15) is 5.25 Å². The Bertz CT molecular complexity index is 470. The number of unbranched alkanes of at least 4 members (excludes halogenated alkanes) is 4. The minimum atomic E-state index is -5.12. The van der Waals surface area contributed by atoms with Gasteiger partial charge in [-0.2, -0.15) is 8.42 Å². The van der Waals surface area contributed by atoms with Crippen molar-refractivity contribution in [1.82, 2.24) is 0 Å². The van der Waals surface area contributed by atoms with Crippen LogP contribution < -0.4 is 69.3 Å². The predicted molar refractivity (Wildman–Crippen MR) is 76.1 cm³/mol. The van der Waals surface area contributed by atoms with Crippen molar-refractivity contribution in [3.8, 4) is 0 Å². The van der Waals surface area contributed by atoms with E-state index in [1.165, 1.54) is 0 Å². The van der Waals surface area contributed by atoms with Gasteiger partial charge in [-0.25, -0.2) is 0 Å². The van der Waals surface area contributed by atoms with E-state index in [1.54, 1.807) is 0 Å². The number of carbonyl (C=O) groups excluding carboxylic acids is 2. The van der Waals surface area contributed by atoms with Crippen LogP contribution in [0, 0.1) is 5.41 Å². The number of rotatable bonds is 12. The predicted octanol–water partition coefficient (Wildman–Crippen LogP) is -6.10. The number of carboxylic acid groups (broad SMARTS) is 2. The first-order chi connectivity index (χ1) is 10.1. The van der Waals surface area contributed by atoms with Crippen LogP contribution in [0.25, 0.3) is 0 Å². The molecule has 24 heavy (non-hydrogen) atoms. The molecule has 0 fully saturated rings. The Morgan fingerprint density at radius 2 is 1.33 bits per heavy atom. The fraction of sp³-hybridized carbons (Fsp3) is 0.857. The summed E-state index contributed by atoms with van der Waals surface area (Å²) in [4.78, 5) is 22.8. The van der Waals surface area contributed by atoms with Crippen LogP contribution in [0.1, 0.15) is 65.2 Å². The van der Waals surface area contributed by atoms with Crippen molar-refractivity contribution in [1.29, 1.82) is 0 Å². The zero-order valence-corrected chi connectivity index (χ0v) is 19.9. The van der Waals surface area contributed by atoms with Crippen molar-refractivity contribution in [2.75, 3.05) is 0 Å². The summed E-state index contributed by atoms with van der Waals surface area (Å²) in [6.07, 6.45) is 3.02. The third-order valence-electron chi connectivity index (χ3n) is 3.87. The van der Waals surface area contributed by atoms with Gasteiger partial charge in [-0.1, -0.05) is 52.4 Å². The van der Waals surface area contributed by atoms with Crippen molar-refractivity contribution < 1.29 is 91.9 Å². The number of carbonyl (C=O) groups is 2. The largest absolute Gasteiger partial charge is 1.00 e. The van der Waals surface area contributed by atoms with Crippen LogP contribution in [0.2, 0.25) is 0 Å². The second-order valence-electron chi connectivity index (χ2n) is 5.57. The summed E-state index contributed by atoms with van der Waals surface area (Å²) >= 11 is 0. The minimum absolute atomic E-state index is 0. The Morgan fingerprint density at radius 1 is 0.958 bits per heavy atom.